The molecule has 6 nitrogen and oxygen atoms in total. The van der Waals surface area contributed by atoms with Gasteiger partial charge in [0.1, 0.15) is 11.9 Å². The van der Waals surface area contributed by atoms with Crippen molar-refractivity contribution in [1.29, 1.82) is 0 Å². The number of ether oxygens (including phenoxy) is 2. The molecule has 1 aliphatic heterocycles. The van der Waals surface area contributed by atoms with Crippen LogP contribution in [-0.4, -0.2) is 41.7 Å². The SMILES string of the molecule is CCCCOc1ccc(NC(=O)N2CC(Oc3ncccc3Br)C2)cc1. The van der Waals surface area contributed by atoms with E-state index in [9.17, 15) is 4.79 Å². The van der Waals surface area contributed by atoms with Gasteiger partial charge in [0.15, 0.2) is 0 Å². The Hall–Kier alpha value is -2.28. The Balaban J connectivity index is 1.43. The highest BCUT2D eigenvalue weighted by Crippen LogP contribution is 2.25. The topological polar surface area (TPSA) is 63.7 Å². The molecule has 0 aliphatic carbocycles. The fourth-order valence-electron chi connectivity index (χ4n) is 2.47. The first-order chi connectivity index (χ1) is 12.7. The zero-order valence-electron chi connectivity index (χ0n) is 14.7. The molecule has 0 radical (unpaired) electrons. The van der Waals surface area contributed by atoms with E-state index < -0.39 is 0 Å². The summed E-state index contributed by atoms with van der Waals surface area (Å²) in [6.07, 6.45) is 3.78. The Kier molecular flexibility index (Phi) is 6.33. The summed E-state index contributed by atoms with van der Waals surface area (Å²) in [5.41, 5.74) is 0.745. The van der Waals surface area contributed by atoms with E-state index in [1.807, 2.05) is 36.4 Å². The van der Waals surface area contributed by atoms with Gasteiger partial charge in [0.2, 0.25) is 5.88 Å². The number of likely N-dealkylation sites (tertiary alicyclic amines) is 1. The van der Waals surface area contributed by atoms with Gasteiger partial charge in [-0.25, -0.2) is 9.78 Å². The van der Waals surface area contributed by atoms with E-state index in [0.29, 0.717) is 25.6 Å². The maximum Gasteiger partial charge on any atom is 0.322 e. The van der Waals surface area contributed by atoms with Crippen LogP contribution in [0, 0.1) is 0 Å². The van der Waals surface area contributed by atoms with Gasteiger partial charge in [-0.05, 0) is 58.7 Å². The number of nitrogens with zero attached hydrogens (tertiary/aromatic N) is 2. The number of pyridine rings is 1. The first-order valence-electron chi connectivity index (χ1n) is 8.71. The average Bonchev–Trinajstić information content (AvgIpc) is 2.61. The molecule has 1 aromatic carbocycles. The van der Waals surface area contributed by atoms with Crippen molar-refractivity contribution in [3.05, 3.63) is 47.1 Å². The number of benzene rings is 1. The molecule has 138 valence electrons. The summed E-state index contributed by atoms with van der Waals surface area (Å²) in [6.45, 7) is 3.91. The van der Waals surface area contributed by atoms with E-state index in [0.717, 1.165) is 28.8 Å². The lowest BCUT2D eigenvalue weighted by Gasteiger charge is -2.38. The van der Waals surface area contributed by atoms with E-state index in [-0.39, 0.29) is 12.1 Å². The molecule has 0 atom stereocenters. The van der Waals surface area contributed by atoms with Gasteiger partial charge in [0.25, 0.3) is 0 Å². The molecule has 2 aromatic rings. The number of rotatable bonds is 7. The number of anilines is 1. The molecular formula is C19H22BrN3O3. The molecule has 2 amide bonds. The van der Waals surface area contributed by atoms with Crippen LogP contribution in [0.1, 0.15) is 19.8 Å². The molecule has 0 bridgehead atoms. The van der Waals surface area contributed by atoms with Crippen LogP contribution < -0.4 is 14.8 Å². The number of unbranched alkanes of at least 4 members (excludes halogenated alkanes) is 1. The molecule has 3 rings (SSSR count). The van der Waals surface area contributed by atoms with Gasteiger partial charge in [0.05, 0.1) is 24.2 Å². The van der Waals surface area contributed by atoms with Crippen LogP contribution in [0.15, 0.2) is 47.1 Å². The summed E-state index contributed by atoms with van der Waals surface area (Å²) in [5.74, 6) is 1.37. The maximum atomic E-state index is 12.3. The molecule has 7 heteroatoms. The fourth-order valence-corrected chi connectivity index (χ4v) is 2.81. The van der Waals surface area contributed by atoms with Crippen LogP contribution in [-0.2, 0) is 0 Å². The largest absolute Gasteiger partial charge is 0.494 e. The number of nitrogens with one attached hydrogen (secondary N) is 1. The van der Waals surface area contributed by atoms with E-state index in [4.69, 9.17) is 9.47 Å². The molecule has 2 heterocycles. The second-order valence-corrected chi connectivity index (χ2v) is 6.95. The summed E-state index contributed by atoms with van der Waals surface area (Å²) in [4.78, 5) is 18.1. The van der Waals surface area contributed by atoms with Crippen molar-refractivity contribution in [2.75, 3.05) is 25.0 Å². The minimum Gasteiger partial charge on any atom is -0.494 e. The highest BCUT2D eigenvalue weighted by molar-refractivity contribution is 9.10. The Morgan fingerprint density at radius 3 is 2.77 bits per heavy atom. The van der Waals surface area contributed by atoms with Crippen LogP contribution in [0.25, 0.3) is 0 Å². The maximum absolute atomic E-state index is 12.3. The van der Waals surface area contributed by atoms with Crippen molar-refractivity contribution in [2.45, 2.75) is 25.9 Å². The Morgan fingerprint density at radius 2 is 2.08 bits per heavy atom. The molecule has 1 saturated heterocycles. The third kappa shape index (κ3) is 4.88. The Labute approximate surface area is 161 Å². The van der Waals surface area contributed by atoms with Gasteiger partial charge in [-0.3, -0.25) is 0 Å². The standard InChI is InChI=1S/C19H22BrN3O3/c1-2-3-11-25-15-8-6-14(7-9-15)22-19(24)23-12-16(13-23)26-18-17(20)5-4-10-21-18/h4-10,16H,2-3,11-13H2,1H3,(H,22,24). The third-order valence-electron chi connectivity index (χ3n) is 4.01. The predicted octanol–water partition coefficient (Wildman–Crippen LogP) is 4.32. The van der Waals surface area contributed by atoms with Gasteiger partial charge in [-0.1, -0.05) is 13.3 Å². The predicted molar refractivity (Wildman–Crippen MR) is 104 cm³/mol. The number of hydrogen-bond donors (Lipinski definition) is 1. The van der Waals surface area contributed by atoms with E-state index in [1.165, 1.54) is 0 Å². The van der Waals surface area contributed by atoms with Crippen LogP contribution in [0.2, 0.25) is 0 Å². The quantitative estimate of drug-likeness (QED) is 0.678. The van der Waals surface area contributed by atoms with Crippen molar-refractivity contribution in [2.24, 2.45) is 0 Å². The van der Waals surface area contributed by atoms with Gasteiger partial charge in [-0.15, -0.1) is 0 Å². The molecule has 1 aliphatic rings. The second-order valence-electron chi connectivity index (χ2n) is 6.09. The van der Waals surface area contributed by atoms with Gasteiger partial charge < -0.3 is 19.7 Å². The smallest absolute Gasteiger partial charge is 0.322 e. The normalized spacial score (nSPS) is 13.8. The number of amides is 2. The lowest BCUT2D eigenvalue weighted by atomic mass is 10.2. The molecular weight excluding hydrogens is 398 g/mol. The monoisotopic (exact) mass is 419 g/mol. The number of aromatic nitrogens is 1. The minimum absolute atomic E-state index is 0.0405. The number of hydrogen-bond acceptors (Lipinski definition) is 4. The second kappa shape index (κ2) is 8.89. The highest BCUT2D eigenvalue weighted by Gasteiger charge is 2.33. The molecule has 1 N–H and O–H groups in total. The molecule has 0 unspecified atom stereocenters. The average molecular weight is 420 g/mol. The summed E-state index contributed by atoms with van der Waals surface area (Å²) >= 11 is 3.40. The summed E-state index contributed by atoms with van der Waals surface area (Å²) in [7, 11) is 0. The molecule has 1 fully saturated rings. The number of halogens is 1. The van der Waals surface area contributed by atoms with Crippen molar-refractivity contribution in [3.63, 3.8) is 0 Å². The van der Waals surface area contributed by atoms with Crippen molar-refractivity contribution in [3.8, 4) is 11.6 Å². The lowest BCUT2D eigenvalue weighted by molar-refractivity contribution is 0.0455. The highest BCUT2D eigenvalue weighted by atomic mass is 79.9. The van der Waals surface area contributed by atoms with Crippen LogP contribution >= 0.6 is 15.9 Å². The van der Waals surface area contributed by atoms with Crippen LogP contribution in [0.4, 0.5) is 10.5 Å². The molecule has 26 heavy (non-hydrogen) atoms. The van der Waals surface area contributed by atoms with Crippen molar-refractivity contribution >= 4 is 27.6 Å². The fraction of sp³-hybridized carbons (Fsp3) is 0.368. The van der Waals surface area contributed by atoms with Gasteiger partial charge in [-0.2, -0.15) is 0 Å². The first-order valence-corrected chi connectivity index (χ1v) is 9.51. The summed E-state index contributed by atoms with van der Waals surface area (Å²) < 4.78 is 12.2. The van der Waals surface area contributed by atoms with Crippen molar-refractivity contribution in [1.82, 2.24) is 9.88 Å². The van der Waals surface area contributed by atoms with E-state index in [2.05, 4.69) is 33.2 Å². The number of carbonyl (C=O) groups excluding carboxylic acids is 1. The Morgan fingerprint density at radius 1 is 1.31 bits per heavy atom. The lowest BCUT2D eigenvalue weighted by Crippen LogP contribution is -2.57. The van der Waals surface area contributed by atoms with E-state index in [1.54, 1.807) is 11.1 Å². The van der Waals surface area contributed by atoms with Crippen molar-refractivity contribution < 1.29 is 14.3 Å². The van der Waals surface area contributed by atoms with Gasteiger partial charge >= 0.3 is 6.03 Å². The number of carbonyl (C=O) groups is 1. The zero-order chi connectivity index (χ0) is 18.4. The summed E-state index contributed by atoms with van der Waals surface area (Å²) in [5, 5.41) is 2.89. The van der Waals surface area contributed by atoms with Crippen LogP contribution in [0.3, 0.4) is 0 Å². The number of urea groups is 1. The molecule has 0 saturated carbocycles. The molecule has 0 spiro atoms. The Bertz CT molecular complexity index is 733. The van der Waals surface area contributed by atoms with E-state index >= 15 is 0 Å². The third-order valence-corrected chi connectivity index (χ3v) is 4.61. The first kappa shape index (κ1) is 18.5. The minimum atomic E-state index is -0.135. The van der Waals surface area contributed by atoms with Gasteiger partial charge in [0, 0.05) is 11.9 Å². The van der Waals surface area contributed by atoms with Crippen LogP contribution in [0.5, 0.6) is 11.6 Å². The summed E-state index contributed by atoms with van der Waals surface area (Å²) in [6, 6.07) is 11.0. The molecule has 1 aromatic heterocycles. The zero-order valence-corrected chi connectivity index (χ0v) is 16.2.